The van der Waals surface area contributed by atoms with Gasteiger partial charge in [-0.2, -0.15) is 5.26 Å². The van der Waals surface area contributed by atoms with E-state index in [1.807, 2.05) is 6.07 Å². The normalized spacial score (nSPS) is 32.8. The fourth-order valence-electron chi connectivity index (χ4n) is 4.97. The molecule has 4 nitrogen and oxygen atoms in total. The molecule has 0 aromatic heterocycles. The number of unbranched alkanes of at least 4 members (excludes halogenated alkanes) is 2. The summed E-state index contributed by atoms with van der Waals surface area (Å²) in [5, 5.41) is 8.73. The van der Waals surface area contributed by atoms with Gasteiger partial charge in [-0.3, -0.25) is 0 Å². The zero-order chi connectivity index (χ0) is 18.6. The average molecular weight is 370 g/mol. The van der Waals surface area contributed by atoms with Crippen LogP contribution in [0.2, 0.25) is 0 Å². The number of ether oxygens (including phenoxy) is 3. The van der Waals surface area contributed by atoms with Gasteiger partial charge in [0.25, 0.3) is 0 Å². The molecule has 4 heteroatoms. The molecule has 0 spiro atoms. The van der Waals surface area contributed by atoms with E-state index < -0.39 is 0 Å². The highest BCUT2D eigenvalue weighted by atomic mass is 16.7. The molecule has 1 aliphatic carbocycles. The van der Waals surface area contributed by atoms with Crippen LogP contribution >= 0.6 is 0 Å². The van der Waals surface area contributed by atoms with Crippen molar-refractivity contribution in [3.05, 3.63) is 29.8 Å². The summed E-state index contributed by atoms with van der Waals surface area (Å²) in [6.45, 7) is 1.66. The lowest BCUT2D eigenvalue weighted by molar-refractivity contribution is -0.192. The summed E-state index contributed by atoms with van der Waals surface area (Å²) in [6.07, 6.45) is 11.9. The van der Waals surface area contributed by atoms with E-state index in [-0.39, 0.29) is 11.9 Å². The third-order valence-electron chi connectivity index (χ3n) is 6.78. The molecule has 1 aromatic carbocycles. The maximum atomic E-state index is 8.73. The first kappa shape index (κ1) is 18.8. The maximum absolute atomic E-state index is 8.73. The Morgan fingerprint density at radius 3 is 2.74 bits per heavy atom. The minimum atomic E-state index is -0.138. The summed E-state index contributed by atoms with van der Waals surface area (Å²) in [5.41, 5.74) is 1.47. The summed E-state index contributed by atoms with van der Waals surface area (Å²) < 4.78 is 18.3. The van der Waals surface area contributed by atoms with E-state index in [0.29, 0.717) is 11.8 Å². The topological polar surface area (TPSA) is 51.5 Å². The molecular weight excluding hydrogens is 338 g/mol. The van der Waals surface area contributed by atoms with Gasteiger partial charge in [0, 0.05) is 12.8 Å². The Balaban J connectivity index is 1.38. The standard InChI is InChI=1S/C23H31NO3/c24-15-4-1-3-10-22-11-13-23(14-12-22,26-18-22)19-7-6-8-20(17-19)27-21-9-2-5-16-25-21/h6-8,17,21H,1-5,9-14,16,18H2. The van der Waals surface area contributed by atoms with Gasteiger partial charge in [-0.1, -0.05) is 18.6 Å². The first-order chi connectivity index (χ1) is 13.2. The van der Waals surface area contributed by atoms with E-state index >= 15 is 0 Å². The van der Waals surface area contributed by atoms with Crippen LogP contribution in [0.1, 0.15) is 76.2 Å². The molecule has 3 heterocycles. The number of rotatable bonds is 7. The van der Waals surface area contributed by atoms with Gasteiger partial charge >= 0.3 is 0 Å². The minimum absolute atomic E-state index is 0.105. The van der Waals surface area contributed by atoms with Gasteiger partial charge in [0.2, 0.25) is 0 Å². The SMILES string of the molecule is N#CCCCCC12CCC(c3cccc(OC4CCCCO4)c3)(CC1)OC2. The average Bonchev–Trinajstić information content (AvgIpc) is 2.74. The maximum Gasteiger partial charge on any atom is 0.199 e. The summed E-state index contributed by atoms with van der Waals surface area (Å²) in [7, 11) is 0. The van der Waals surface area contributed by atoms with Crippen LogP contribution in [0.25, 0.3) is 0 Å². The van der Waals surface area contributed by atoms with Crippen molar-refractivity contribution in [3.63, 3.8) is 0 Å². The van der Waals surface area contributed by atoms with Crippen molar-refractivity contribution in [1.29, 1.82) is 5.26 Å². The van der Waals surface area contributed by atoms with Crippen LogP contribution in [0.4, 0.5) is 0 Å². The summed E-state index contributed by atoms with van der Waals surface area (Å²) in [4.78, 5) is 0. The first-order valence-corrected chi connectivity index (χ1v) is 10.6. The second-order valence-corrected chi connectivity index (χ2v) is 8.59. The Morgan fingerprint density at radius 1 is 1.15 bits per heavy atom. The lowest BCUT2D eigenvalue weighted by atomic mass is 9.62. The Bertz CT molecular complexity index is 650. The number of nitriles is 1. The lowest BCUT2D eigenvalue weighted by Gasteiger charge is -2.53. The third kappa shape index (κ3) is 4.15. The van der Waals surface area contributed by atoms with Crippen molar-refractivity contribution in [2.24, 2.45) is 5.41 Å². The molecule has 0 radical (unpaired) electrons. The van der Waals surface area contributed by atoms with E-state index in [1.165, 1.54) is 31.2 Å². The van der Waals surface area contributed by atoms with Crippen molar-refractivity contribution in [1.82, 2.24) is 0 Å². The largest absolute Gasteiger partial charge is 0.465 e. The van der Waals surface area contributed by atoms with Crippen LogP contribution in [-0.4, -0.2) is 19.5 Å². The van der Waals surface area contributed by atoms with Crippen molar-refractivity contribution >= 4 is 0 Å². The smallest absolute Gasteiger partial charge is 0.199 e. The molecule has 1 aromatic rings. The fraction of sp³-hybridized carbons (Fsp3) is 0.696. The van der Waals surface area contributed by atoms with Crippen LogP contribution < -0.4 is 4.74 Å². The highest BCUT2D eigenvalue weighted by Crippen LogP contribution is 2.55. The molecule has 2 bridgehead atoms. The Morgan fingerprint density at radius 2 is 2.04 bits per heavy atom. The second kappa shape index (κ2) is 8.20. The molecule has 5 rings (SSSR count). The van der Waals surface area contributed by atoms with Crippen LogP contribution in [0.5, 0.6) is 5.75 Å². The first-order valence-electron chi connectivity index (χ1n) is 10.6. The quantitative estimate of drug-likeness (QED) is 0.599. The van der Waals surface area contributed by atoms with E-state index in [0.717, 1.165) is 57.5 Å². The molecule has 146 valence electrons. The molecule has 3 aliphatic heterocycles. The number of hydrogen-bond donors (Lipinski definition) is 0. The molecule has 1 atom stereocenters. The predicted molar refractivity (Wildman–Crippen MR) is 103 cm³/mol. The second-order valence-electron chi connectivity index (χ2n) is 8.59. The Hall–Kier alpha value is -1.57. The lowest BCUT2D eigenvalue weighted by Crippen LogP contribution is -2.49. The number of nitrogens with zero attached hydrogens (tertiary/aromatic N) is 1. The Kier molecular flexibility index (Phi) is 5.71. The van der Waals surface area contributed by atoms with Gasteiger partial charge in [-0.15, -0.1) is 0 Å². The van der Waals surface area contributed by atoms with Crippen molar-refractivity contribution < 1.29 is 14.2 Å². The monoisotopic (exact) mass is 369 g/mol. The highest BCUT2D eigenvalue weighted by molar-refractivity contribution is 5.34. The van der Waals surface area contributed by atoms with E-state index in [9.17, 15) is 0 Å². The molecule has 0 N–H and O–H groups in total. The van der Waals surface area contributed by atoms with Gasteiger partial charge < -0.3 is 14.2 Å². The van der Waals surface area contributed by atoms with Gasteiger partial charge in [0.15, 0.2) is 6.29 Å². The predicted octanol–water partition coefficient (Wildman–Crippen LogP) is 5.46. The van der Waals surface area contributed by atoms with Crippen molar-refractivity contribution in [2.45, 2.75) is 82.5 Å². The minimum Gasteiger partial charge on any atom is -0.465 e. The van der Waals surface area contributed by atoms with Gasteiger partial charge in [-0.25, -0.2) is 0 Å². The van der Waals surface area contributed by atoms with Crippen LogP contribution in [-0.2, 0) is 15.1 Å². The van der Waals surface area contributed by atoms with Gasteiger partial charge in [0.05, 0.1) is 24.9 Å². The summed E-state index contributed by atoms with van der Waals surface area (Å²) in [5.74, 6) is 0.899. The molecular formula is C23H31NO3. The van der Waals surface area contributed by atoms with Gasteiger partial charge in [-0.05, 0) is 74.5 Å². The van der Waals surface area contributed by atoms with Crippen molar-refractivity contribution in [3.8, 4) is 11.8 Å². The Labute approximate surface area is 162 Å². The zero-order valence-corrected chi connectivity index (χ0v) is 16.3. The van der Waals surface area contributed by atoms with Crippen LogP contribution in [0.15, 0.2) is 24.3 Å². The zero-order valence-electron chi connectivity index (χ0n) is 16.3. The van der Waals surface area contributed by atoms with E-state index in [4.69, 9.17) is 19.5 Å². The van der Waals surface area contributed by atoms with E-state index in [1.54, 1.807) is 0 Å². The summed E-state index contributed by atoms with van der Waals surface area (Å²) in [6, 6.07) is 10.7. The number of hydrogen-bond acceptors (Lipinski definition) is 4. The number of benzene rings is 1. The van der Waals surface area contributed by atoms with Gasteiger partial charge in [0.1, 0.15) is 5.75 Å². The van der Waals surface area contributed by atoms with E-state index in [2.05, 4.69) is 24.3 Å². The van der Waals surface area contributed by atoms with Crippen LogP contribution in [0, 0.1) is 16.7 Å². The molecule has 1 saturated carbocycles. The molecule has 1 unspecified atom stereocenters. The third-order valence-corrected chi connectivity index (χ3v) is 6.78. The number of fused-ring (bicyclic) bond motifs is 3. The van der Waals surface area contributed by atoms with Crippen LogP contribution in [0.3, 0.4) is 0 Å². The van der Waals surface area contributed by atoms with Crippen molar-refractivity contribution in [2.75, 3.05) is 13.2 Å². The molecule has 0 amide bonds. The molecule has 4 fully saturated rings. The molecule has 3 saturated heterocycles. The molecule has 27 heavy (non-hydrogen) atoms. The highest BCUT2D eigenvalue weighted by Gasteiger charge is 2.50. The fourth-order valence-corrected chi connectivity index (χ4v) is 4.97. The summed E-state index contributed by atoms with van der Waals surface area (Å²) >= 11 is 0. The molecule has 4 aliphatic rings.